The molecule has 4 nitrogen and oxygen atoms in total. The highest BCUT2D eigenvalue weighted by molar-refractivity contribution is 7.98. The molecule has 2 aromatic heterocycles. The van der Waals surface area contributed by atoms with Crippen molar-refractivity contribution < 1.29 is 0 Å². The third-order valence-corrected chi connectivity index (χ3v) is 5.37. The van der Waals surface area contributed by atoms with Crippen molar-refractivity contribution in [1.29, 1.82) is 0 Å². The van der Waals surface area contributed by atoms with Gasteiger partial charge in [-0.2, -0.15) is 0 Å². The predicted octanol–water partition coefficient (Wildman–Crippen LogP) is 4.19. The molecule has 0 amide bonds. The molecule has 0 unspecified atom stereocenters. The lowest BCUT2D eigenvalue weighted by molar-refractivity contribution is 0.765. The zero-order valence-corrected chi connectivity index (χ0v) is 14.0. The van der Waals surface area contributed by atoms with Crippen LogP contribution in [-0.2, 0) is 12.8 Å². The van der Waals surface area contributed by atoms with Crippen LogP contribution in [0.25, 0.3) is 10.6 Å². The van der Waals surface area contributed by atoms with Crippen molar-refractivity contribution >= 4 is 34.7 Å². The van der Waals surface area contributed by atoms with Crippen molar-refractivity contribution in [3.05, 3.63) is 46.2 Å². The minimum atomic E-state index is 0.731. The van der Waals surface area contributed by atoms with E-state index in [1.165, 1.54) is 0 Å². The fourth-order valence-electron chi connectivity index (χ4n) is 1.78. The van der Waals surface area contributed by atoms with E-state index in [0.29, 0.717) is 0 Å². The highest BCUT2D eigenvalue weighted by atomic mass is 35.5. The van der Waals surface area contributed by atoms with E-state index in [1.807, 2.05) is 42.8 Å². The minimum Gasteiger partial charge on any atom is -0.309 e. The van der Waals surface area contributed by atoms with Crippen LogP contribution in [0.4, 0.5) is 0 Å². The van der Waals surface area contributed by atoms with Crippen LogP contribution in [0.2, 0.25) is 5.02 Å². The van der Waals surface area contributed by atoms with E-state index in [2.05, 4.69) is 20.6 Å². The summed E-state index contributed by atoms with van der Waals surface area (Å²) in [5.74, 6) is 1.68. The molecule has 0 saturated heterocycles. The number of nitrogens with zero attached hydrogens (tertiary/aromatic N) is 4. The van der Waals surface area contributed by atoms with E-state index in [1.54, 1.807) is 23.1 Å². The lowest BCUT2D eigenvalue weighted by Gasteiger charge is -2.00. The Morgan fingerprint density at radius 2 is 2.10 bits per heavy atom. The molecule has 0 spiro atoms. The summed E-state index contributed by atoms with van der Waals surface area (Å²) >= 11 is 9.45. The van der Waals surface area contributed by atoms with Gasteiger partial charge in [0.1, 0.15) is 10.8 Å². The smallest absolute Gasteiger partial charge is 0.191 e. The average Bonchev–Trinajstić information content (AvgIpc) is 3.06. The number of thiazole rings is 1. The fourth-order valence-corrected chi connectivity index (χ4v) is 3.88. The van der Waals surface area contributed by atoms with E-state index in [0.717, 1.165) is 38.0 Å². The Morgan fingerprint density at radius 3 is 2.81 bits per heavy atom. The van der Waals surface area contributed by atoms with Crippen LogP contribution in [0.3, 0.4) is 0 Å². The molecular weight excluding hydrogens is 324 g/mol. The van der Waals surface area contributed by atoms with Gasteiger partial charge in [-0.25, -0.2) is 4.98 Å². The number of halogens is 1. The fraction of sp³-hybridized carbons (Fsp3) is 0.214. The van der Waals surface area contributed by atoms with Crippen LogP contribution in [-0.4, -0.2) is 19.7 Å². The van der Waals surface area contributed by atoms with Gasteiger partial charge < -0.3 is 4.57 Å². The largest absolute Gasteiger partial charge is 0.309 e. The Hall–Kier alpha value is -1.37. The van der Waals surface area contributed by atoms with Gasteiger partial charge in [-0.1, -0.05) is 41.6 Å². The summed E-state index contributed by atoms with van der Waals surface area (Å²) in [4.78, 5) is 4.65. The third-order valence-electron chi connectivity index (χ3n) is 3.06. The Kier molecular flexibility index (Phi) is 4.28. The molecule has 0 fully saturated rings. The van der Waals surface area contributed by atoms with Gasteiger partial charge in [0.25, 0.3) is 0 Å². The van der Waals surface area contributed by atoms with Crippen LogP contribution in [0.1, 0.15) is 11.5 Å². The molecule has 1 aromatic carbocycles. The second-order valence-corrected chi connectivity index (χ2v) is 6.71. The topological polar surface area (TPSA) is 43.6 Å². The summed E-state index contributed by atoms with van der Waals surface area (Å²) in [6.45, 7) is 1.94. The van der Waals surface area contributed by atoms with E-state index < -0.39 is 0 Å². The number of aromatic nitrogens is 4. The first-order valence-corrected chi connectivity index (χ1v) is 8.57. The molecule has 0 aliphatic carbocycles. The van der Waals surface area contributed by atoms with Crippen LogP contribution in [0.15, 0.2) is 34.8 Å². The predicted molar refractivity (Wildman–Crippen MR) is 87.9 cm³/mol. The van der Waals surface area contributed by atoms with Crippen molar-refractivity contribution in [3.8, 4) is 10.6 Å². The van der Waals surface area contributed by atoms with Crippen LogP contribution in [0, 0.1) is 6.92 Å². The molecule has 0 bridgehead atoms. The second kappa shape index (κ2) is 6.17. The first-order valence-electron chi connectivity index (χ1n) is 6.33. The maximum Gasteiger partial charge on any atom is 0.191 e. The molecular formula is C14H13ClN4S2. The first-order chi connectivity index (χ1) is 10.1. The van der Waals surface area contributed by atoms with Crippen molar-refractivity contribution in [2.75, 3.05) is 0 Å². The summed E-state index contributed by atoms with van der Waals surface area (Å²) < 4.78 is 1.98. The lowest BCUT2D eigenvalue weighted by Crippen LogP contribution is -1.93. The third kappa shape index (κ3) is 3.12. The minimum absolute atomic E-state index is 0.731. The normalized spacial score (nSPS) is 11.0. The van der Waals surface area contributed by atoms with E-state index in [9.17, 15) is 0 Å². The Morgan fingerprint density at radius 1 is 1.29 bits per heavy atom. The SMILES string of the molecule is Cc1nnc(SCc2csc(-c3ccccc3Cl)n2)n1C. The summed E-state index contributed by atoms with van der Waals surface area (Å²) in [7, 11) is 1.97. The van der Waals surface area contributed by atoms with Gasteiger partial charge in [0.15, 0.2) is 5.16 Å². The zero-order chi connectivity index (χ0) is 14.8. The summed E-state index contributed by atoms with van der Waals surface area (Å²) in [6, 6.07) is 7.77. The number of hydrogen-bond acceptors (Lipinski definition) is 5. The van der Waals surface area contributed by atoms with Gasteiger partial charge in [-0.05, 0) is 13.0 Å². The second-order valence-electron chi connectivity index (χ2n) is 4.50. The number of benzene rings is 1. The van der Waals surface area contributed by atoms with E-state index in [-0.39, 0.29) is 0 Å². The Labute approximate surface area is 136 Å². The Bertz CT molecular complexity index is 766. The molecule has 0 aliphatic heterocycles. The molecule has 108 valence electrons. The van der Waals surface area contributed by atoms with Crippen molar-refractivity contribution in [3.63, 3.8) is 0 Å². The lowest BCUT2D eigenvalue weighted by atomic mass is 10.2. The molecule has 3 rings (SSSR count). The van der Waals surface area contributed by atoms with Crippen molar-refractivity contribution in [2.24, 2.45) is 7.05 Å². The van der Waals surface area contributed by atoms with E-state index in [4.69, 9.17) is 11.6 Å². The molecule has 2 heterocycles. The van der Waals surface area contributed by atoms with Crippen LogP contribution >= 0.6 is 34.7 Å². The highest BCUT2D eigenvalue weighted by Crippen LogP contribution is 2.31. The molecule has 3 aromatic rings. The number of rotatable bonds is 4. The summed E-state index contributed by atoms with van der Waals surface area (Å²) in [5, 5.41) is 12.8. The van der Waals surface area contributed by atoms with Gasteiger partial charge in [0, 0.05) is 23.7 Å². The molecule has 0 radical (unpaired) electrons. The average molecular weight is 337 g/mol. The van der Waals surface area contributed by atoms with Crippen LogP contribution < -0.4 is 0 Å². The number of aryl methyl sites for hydroxylation is 1. The van der Waals surface area contributed by atoms with Gasteiger partial charge in [-0.3, -0.25) is 0 Å². The molecule has 0 atom stereocenters. The maximum atomic E-state index is 6.20. The molecule has 21 heavy (non-hydrogen) atoms. The molecule has 7 heteroatoms. The van der Waals surface area contributed by atoms with Gasteiger partial charge in [-0.15, -0.1) is 21.5 Å². The Balaban J connectivity index is 1.74. The van der Waals surface area contributed by atoms with Crippen molar-refractivity contribution in [2.45, 2.75) is 17.8 Å². The standard InChI is InChI=1S/C14H13ClN4S2/c1-9-17-18-14(19(9)2)21-8-10-7-20-13(16-10)11-5-3-4-6-12(11)15/h3-7H,8H2,1-2H3. The van der Waals surface area contributed by atoms with Crippen molar-refractivity contribution in [1.82, 2.24) is 19.7 Å². The van der Waals surface area contributed by atoms with Gasteiger partial charge in [0.05, 0.1) is 10.7 Å². The first kappa shape index (κ1) is 14.6. The van der Waals surface area contributed by atoms with E-state index >= 15 is 0 Å². The maximum absolute atomic E-state index is 6.20. The zero-order valence-electron chi connectivity index (χ0n) is 11.6. The number of hydrogen-bond donors (Lipinski definition) is 0. The molecule has 0 aliphatic rings. The summed E-state index contributed by atoms with van der Waals surface area (Å²) in [6.07, 6.45) is 0. The van der Waals surface area contributed by atoms with Gasteiger partial charge in [0.2, 0.25) is 0 Å². The summed E-state index contributed by atoms with van der Waals surface area (Å²) in [5.41, 5.74) is 2.01. The van der Waals surface area contributed by atoms with Gasteiger partial charge >= 0.3 is 0 Å². The highest BCUT2D eigenvalue weighted by Gasteiger charge is 2.10. The molecule has 0 saturated carbocycles. The number of thioether (sulfide) groups is 1. The molecule has 0 N–H and O–H groups in total. The monoisotopic (exact) mass is 336 g/mol. The quantitative estimate of drug-likeness (QED) is 0.670. The van der Waals surface area contributed by atoms with Crippen LogP contribution in [0.5, 0.6) is 0 Å².